The minimum absolute atomic E-state index is 0.205. The van der Waals surface area contributed by atoms with Gasteiger partial charge in [0.2, 0.25) is 0 Å². The van der Waals surface area contributed by atoms with Crippen molar-refractivity contribution in [2.24, 2.45) is 0 Å². The molecule has 0 bridgehead atoms. The van der Waals surface area contributed by atoms with Crippen LogP contribution in [-0.2, 0) is 6.42 Å². The van der Waals surface area contributed by atoms with Gasteiger partial charge in [-0.3, -0.25) is 4.79 Å². The summed E-state index contributed by atoms with van der Waals surface area (Å²) in [7, 11) is 0. The number of hydrogen-bond acceptors (Lipinski definition) is 3. The first-order valence-electron chi connectivity index (χ1n) is 8.69. The van der Waals surface area contributed by atoms with Gasteiger partial charge in [0.1, 0.15) is 0 Å². The second kappa shape index (κ2) is 6.98. The summed E-state index contributed by atoms with van der Waals surface area (Å²) in [6.45, 7) is 11.9. The Bertz CT molecular complexity index is 742. The molecule has 1 saturated heterocycles. The van der Waals surface area contributed by atoms with E-state index in [1.165, 1.54) is 27.3 Å². The quantitative estimate of drug-likeness (QED) is 0.835. The number of carbonyl (C=O) groups excluding carboxylic acids is 1. The predicted octanol–water partition coefficient (Wildman–Crippen LogP) is 4.20. The molecule has 0 saturated carbocycles. The Morgan fingerprint density at radius 3 is 2.50 bits per heavy atom. The lowest BCUT2D eigenvalue weighted by atomic mass is 10.1. The van der Waals surface area contributed by atoms with Crippen molar-refractivity contribution in [3.63, 3.8) is 0 Å². The van der Waals surface area contributed by atoms with Gasteiger partial charge in [0.05, 0.1) is 5.56 Å². The standard InChI is InChI=1S/C20H26N2OS/c1-5-17-16(4)24-13-18(17)20(23)22-10-8-21(9-11-22)19-12-14(2)6-7-15(19)3/h6-7,12-13H,5,8-11H2,1-4H3. The molecule has 1 amide bonds. The van der Waals surface area contributed by atoms with Crippen molar-refractivity contribution in [2.45, 2.75) is 34.1 Å². The van der Waals surface area contributed by atoms with Crippen LogP contribution >= 0.6 is 11.3 Å². The molecule has 2 heterocycles. The molecular weight excluding hydrogens is 316 g/mol. The van der Waals surface area contributed by atoms with Gasteiger partial charge in [-0.05, 0) is 49.9 Å². The van der Waals surface area contributed by atoms with Crippen LogP contribution in [0.2, 0.25) is 0 Å². The number of rotatable bonds is 3. The highest BCUT2D eigenvalue weighted by Gasteiger charge is 2.25. The molecule has 128 valence electrons. The molecule has 2 aromatic rings. The maximum absolute atomic E-state index is 12.9. The molecule has 1 aromatic carbocycles. The van der Waals surface area contributed by atoms with Crippen LogP contribution in [0, 0.1) is 20.8 Å². The Morgan fingerprint density at radius 1 is 1.12 bits per heavy atom. The molecule has 1 aliphatic rings. The summed E-state index contributed by atoms with van der Waals surface area (Å²) in [6, 6.07) is 6.60. The fraction of sp³-hybridized carbons (Fsp3) is 0.450. The zero-order valence-corrected chi connectivity index (χ0v) is 15.9. The van der Waals surface area contributed by atoms with Gasteiger partial charge >= 0.3 is 0 Å². The molecule has 24 heavy (non-hydrogen) atoms. The van der Waals surface area contributed by atoms with Crippen LogP contribution in [-0.4, -0.2) is 37.0 Å². The maximum atomic E-state index is 12.9. The molecule has 0 atom stereocenters. The number of piperazine rings is 1. The van der Waals surface area contributed by atoms with E-state index in [2.05, 4.69) is 50.8 Å². The highest BCUT2D eigenvalue weighted by molar-refractivity contribution is 7.10. The van der Waals surface area contributed by atoms with E-state index in [0.29, 0.717) is 0 Å². The number of anilines is 1. The minimum atomic E-state index is 0.205. The number of aryl methyl sites for hydroxylation is 3. The van der Waals surface area contributed by atoms with Gasteiger partial charge in [0.15, 0.2) is 0 Å². The monoisotopic (exact) mass is 342 g/mol. The summed E-state index contributed by atoms with van der Waals surface area (Å²) >= 11 is 1.69. The van der Waals surface area contributed by atoms with Crippen molar-refractivity contribution in [2.75, 3.05) is 31.1 Å². The third-order valence-electron chi connectivity index (χ3n) is 4.96. The van der Waals surface area contributed by atoms with E-state index < -0.39 is 0 Å². The molecule has 0 aliphatic carbocycles. The maximum Gasteiger partial charge on any atom is 0.255 e. The third-order valence-corrected chi connectivity index (χ3v) is 5.91. The Hall–Kier alpha value is -1.81. The van der Waals surface area contributed by atoms with Crippen LogP contribution in [0.4, 0.5) is 5.69 Å². The van der Waals surface area contributed by atoms with Crippen LogP contribution in [0.25, 0.3) is 0 Å². The van der Waals surface area contributed by atoms with E-state index in [1.54, 1.807) is 11.3 Å². The molecule has 3 nitrogen and oxygen atoms in total. The van der Waals surface area contributed by atoms with Gasteiger partial charge in [-0.2, -0.15) is 0 Å². The predicted molar refractivity (Wildman–Crippen MR) is 102 cm³/mol. The van der Waals surface area contributed by atoms with Crippen LogP contribution in [0.15, 0.2) is 23.6 Å². The van der Waals surface area contributed by atoms with E-state index in [0.717, 1.165) is 38.2 Å². The van der Waals surface area contributed by atoms with Gasteiger partial charge in [-0.15, -0.1) is 11.3 Å². The second-order valence-electron chi connectivity index (χ2n) is 6.61. The largest absolute Gasteiger partial charge is 0.368 e. The third kappa shape index (κ3) is 3.20. The average Bonchev–Trinajstić information content (AvgIpc) is 2.97. The summed E-state index contributed by atoms with van der Waals surface area (Å²) < 4.78 is 0. The zero-order valence-electron chi connectivity index (χ0n) is 15.1. The molecule has 3 rings (SSSR count). The number of nitrogens with zero attached hydrogens (tertiary/aromatic N) is 2. The van der Waals surface area contributed by atoms with Gasteiger partial charge in [-0.1, -0.05) is 19.1 Å². The van der Waals surface area contributed by atoms with Crippen LogP contribution in [0.3, 0.4) is 0 Å². The second-order valence-corrected chi connectivity index (χ2v) is 7.69. The summed E-state index contributed by atoms with van der Waals surface area (Å²) in [5, 5.41) is 2.04. The first-order valence-corrected chi connectivity index (χ1v) is 9.57. The Labute approximate surface area is 148 Å². The Morgan fingerprint density at radius 2 is 1.83 bits per heavy atom. The number of hydrogen-bond donors (Lipinski definition) is 0. The van der Waals surface area contributed by atoms with Gasteiger partial charge in [0.25, 0.3) is 5.91 Å². The zero-order chi connectivity index (χ0) is 17.3. The highest BCUT2D eigenvalue weighted by atomic mass is 32.1. The minimum Gasteiger partial charge on any atom is -0.368 e. The lowest BCUT2D eigenvalue weighted by molar-refractivity contribution is 0.0746. The first kappa shape index (κ1) is 17.0. The lowest BCUT2D eigenvalue weighted by Crippen LogP contribution is -2.49. The summed E-state index contributed by atoms with van der Waals surface area (Å²) in [5.41, 5.74) is 6.04. The normalized spacial score (nSPS) is 15.0. The molecule has 0 radical (unpaired) electrons. The lowest BCUT2D eigenvalue weighted by Gasteiger charge is -2.37. The van der Waals surface area contributed by atoms with Crippen molar-refractivity contribution >= 4 is 22.9 Å². The van der Waals surface area contributed by atoms with Crippen LogP contribution < -0.4 is 4.90 Å². The first-order chi connectivity index (χ1) is 11.5. The topological polar surface area (TPSA) is 23.6 Å². The van der Waals surface area contributed by atoms with Crippen molar-refractivity contribution in [3.8, 4) is 0 Å². The Balaban J connectivity index is 1.70. The summed E-state index contributed by atoms with van der Waals surface area (Å²) in [4.78, 5) is 18.6. The molecule has 1 aromatic heterocycles. The summed E-state index contributed by atoms with van der Waals surface area (Å²) in [6.07, 6.45) is 0.929. The van der Waals surface area contributed by atoms with Crippen molar-refractivity contribution in [1.82, 2.24) is 4.90 Å². The van der Waals surface area contributed by atoms with Gasteiger partial charge < -0.3 is 9.80 Å². The number of carbonyl (C=O) groups is 1. The van der Waals surface area contributed by atoms with Crippen LogP contribution in [0.1, 0.15) is 38.8 Å². The fourth-order valence-electron chi connectivity index (χ4n) is 3.48. The Kier molecular flexibility index (Phi) is 4.95. The number of thiophene rings is 1. The molecular formula is C20H26N2OS. The van der Waals surface area contributed by atoms with Crippen molar-refractivity contribution in [3.05, 3.63) is 50.7 Å². The molecule has 0 N–H and O–H groups in total. The van der Waals surface area contributed by atoms with E-state index in [-0.39, 0.29) is 5.91 Å². The molecule has 4 heteroatoms. The van der Waals surface area contributed by atoms with Crippen molar-refractivity contribution < 1.29 is 4.79 Å². The van der Waals surface area contributed by atoms with Gasteiger partial charge in [0, 0.05) is 42.1 Å². The fourth-order valence-corrected chi connectivity index (χ4v) is 4.41. The van der Waals surface area contributed by atoms with E-state index in [4.69, 9.17) is 0 Å². The van der Waals surface area contributed by atoms with Gasteiger partial charge in [-0.25, -0.2) is 0 Å². The number of amides is 1. The van der Waals surface area contributed by atoms with E-state index >= 15 is 0 Å². The van der Waals surface area contributed by atoms with E-state index in [9.17, 15) is 4.79 Å². The number of benzene rings is 1. The average molecular weight is 343 g/mol. The molecule has 1 fully saturated rings. The highest BCUT2D eigenvalue weighted by Crippen LogP contribution is 2.26. The smallest absolute Gasteiger partial charge is 0.255 e. The van der Waals surface area contributed by atoms with Crippen LogP contribution in [0.5, 0.6) is 0 Å². The summed E-state index contributed by atoms with van der Waals surface area (Å²) in [5.74, 6) is 0.205. The van der Waals surface area contributed by atoms with E-state index in [1.807, 2.05) is 10.3 Å². The molecule has 1 aliphatic heterocycles. The van der Waals surface area contributed by atoms with Crippen molar-refractivity contribution in [1.29, 1.82) is 0 Å². The SMILES string of the molecule is CCc1c(C(=O)N2CCN(c3cc(C)ccc3C)CC2)csc1C. The molecule has 0 unspecified atom stereocenters. The molecule has 0 spiro atoms.